The average Bonchev–Trinajstić information content (AvgIpc) is 3.18. The SMILES string of the molecule is CC(C)(C)C(=O)Nc1c2c(nn1CC(=O)NCCc1ccccc1)CSC2. The van der Waals surface area contributed by atoms with Crippen LogP contribution < -0.4 is 10.6 Å². The molecule has 0 bridgehead atoms. The zero-order chi connectivity index (χ0) is 19.4. The van der Waals surface area contributed by atoms with Gasteiger partial charge in [0.15, 0.2) is 0 Å². The molecule has 3 rings (SSSR count). The van der Waals surface area contributed by atoms with Gasteiger partial charge in [-0.05, 0) is 12.0 Å². The first-order chi connectivity index (χ1) is 12.8. The van der Waals surface area contributed by atoms with Crippen LogP contribution in [0.2, 0.25) is 0 Å². The fraction of sp³-hybridized carbons (Fsp3) is 0.450. The fourth-order valence-electron chi connectivity index (χ4n) is 2.80. The molecule has 1 aliphatic heterocycles. The molecule has 1 aliphatic rings. The lowest BCUT2D eigenvalue weighted by Gasteiger charge is -2.19. The van der Waals surface area contributed by atoms with Crippen LogP contribution in [0.15, 0.2) is 30.3 Å². The van der Waals surface area contributed by atoms with Gasteiger partial charge in [-0.2, -0.15) is 16.9 Å². The minimum atomic E-state index is -0.508. The number of carbonyl (C=O) groups excluding carboxylic acids is 2. The molecule has 0 saturated heterocycles. The highest BCUT2D eigenvalue weighted by molar-refractivity contribution is 7.98. The van der Waals surface area contributed by atoms with Crippen LogP contribution in [0.4, 0.5) is 5.82 Å². The molecule has 1 aromatic carbocycles. The number of nitrogens with zero attached hydrogens (tertiary/aromatic N) is 2. The number of aromatic nitrogens is 2. The summed E-state index contributed by atoms with van der Waals surface area (Å²) >= 11 is 1.77. The molecular formula is C20H26N4O2S. The van der Waals surface area contributed by atoms with Crippen molar-refractivity contribution in [1.29, 1.82) is 0 Å². The number of nitrogens with one attached hydrogen (secondary N) is 2. The number of rotatable bonds is 6. The molecule has 2 N–H and O–H groups in total. The molecule has 7 heteroatoms. The summed E-state index contributed by atoms with van der Waals surface area (Å²) in [6, 6.07) is 10.0. The summed E-state index contributed by atoms with van der Waals surface area (Å²) in [5, 5.41) is 10.5. The lowest BCUT2D eigenvalue weighted by molar-refractivity contribution is -0.123. The van der Waals surface area contributed by atoms with Crippen LogP contribution in [0.5, 0.6) is 0 Å². The number of carbonyl (C=O) groups is 2. The Kier molecular flexibility index (Phi) is 5.89. The Bertz CT molecular complexity index is 824. The van der Waals surface area contributed by atoms with Crippen molar-refractivity contribution in [1.82, 2.24) is 15.1 Å². The molecule has 0 radical (unpaired) electrons. The minimum Gasteiger partial charge on any atom is -0.354 e. The van der Waals surface area contributed by atoms with E-state index in [4.69, 9.17) is 0 Å². The predicted octanol–water partition coefficient (Wildman–Crippen LogP) is 2.97. The molecule has 0 fully saturated rings. The topological polar surface area (TPSA) is 76.0 Å². The number of thioether (sulfide) groups is 1. The van der Waals surface area contributed by atoms with E-state index in [1.807, 2.05) is 51.1 Å². The number of amides is 2. The normalized spacial score (nSPS) is 13.3. The van der Waals surface area contributed by atoms with Gasteiger partial charge in [0.05, 0.1) is 5.69 Å². The van der Waals surface area contributed by atoms with E-state index in [9.17, 15) is 9.59 Å². The van der Waals surface area contributed by atoms with Crippen molar-refractivity contribution in [2.75, 3.05) is 11.9 Å². The highest BCUT2D eigenvalue weighted by atomic mass is 32.2. The number of hydrogen-bond donors (Lipinski definition) is 2. The van der Waals surface area contributed by atoms with E-state index in [0.717, 1.165) is 29.2 Å². The van der Waals surface area contributed by atoms with Crippen LogP contribution in [0.25, 0.3) is 0 Å². The Morgan fingerprint density at radius 3 is 2.63 bits per heavy atom. The van der Waals surface area contributed by atoms with Crippen LogP contribution in [0, 0.1) is 5.41 Å². The standard InChI is InChI=1S/C20H26N4O2S/c1-20(2,3)19(26)22-18-15-12-27-13-16(15)23-24(18)11-17(25)21-10-9-14-7-5-4-6-8-14/h4-8H,9-13H2,1-3H3,(H,21,25)(H,22,26). The Morgan fingerprint density at radius 2 is 1.93 bits per heavy atom. The summed E-state index contributed by atoms with van der Waals surface area (Å²) in [6.45, 7) is 6.28. The van der Waals surface area contributed by atoms with Crippen molar-refractivity contribution in [3.8, 4) is 0 Å². The molecule has 6 nitrogen and oxygen atoms in total. The maximum atomic E-state index is 12.4. The van der Waals surface area contributed by atoms with Crippen LogP contribution in [-0.2, 0) is 34.1 Å². The van der Waals surface area contributed by atoms with Crippen LogP contribution >= 0.6 is 11.8 Å². The van der Waals surface area contributed by atoms with E-state index in [-0.39, 0.29) is 18.4 Å². The molecule has 27 heavy (non-hydrogen) atoms. The van der Waals surface area contributed by atoms with Gasteiger partial charge in [0.1, 0.15) is 12.4 Å². The van der Waals surface area contributed by atoms with E-state index < -0.39 is 5.41 Å². The molecule has 144 valence electrons. The van der Waals surface area contributed by atoms with Crippen molar-refractivity contribution in [2.24, 2.45) is 5.41 Å². The van der Waals surface area contributed by atoms with Crippen LogP contribution in [0.1, 0.15) is 37.6 Å². The third kappa shape index (κ3) is 4.91. The molecule has 0 atom stereocenters. The molecule has 2 aromatic rings. The second-order valence-corrected chi connectivity index (χ2v) is 8.70. The Balaban J connectivity index is 1.64. The fourth-order valence-corrected chi connectivity index (χ4v) is 3.83. The molecule has 2 amide bonds. The lowest BCUT2D eigenvalue weighted by atomic mass is 9.96. The first-order valence-electron chi connectivity index (χ1n) is 9.13. The van der Waals surface area contributed by atoms with E-state index in [1.165, 1.54) is 5.56 Å². The van der Waals surface area contributed by atoms with Crippen molar-refractivity contribution < 1.29 is 9.59 Å². The van der Waals surface area contributed by atoms with Gasteiger partial charge in [-0.25, -0.2) is 4.68 Å². The largest absolute Gasteiger partial charge is 0.354 e. The number of hydrogen-bond acceptors (Lipinski definition) is 4. The maximum absolute atomic E-state index is 12.4. The summed E-state index contributed by atoms with van der Waals surface area (Å²) < 4.78 is 1.63. The highest BCUT2D eigenvalue weighted by Crippen LogP contribution is 2.35. The first-order valence-corrected chi connectivity index (χ1v) is 10.3. The van der Waals surface area contributed by atoms with Crippen LogP contribution in [-0.4, -0.2) is 28.1 Å². The molecular weight excluding hydrogens is 360 g/mol. The summed E-state index contributed by atoms with van der Waals surface area (Å²) in [6.07, 6.45) is 0.784. The Hall–Kier alpha value is -2.28. The average molecular weight is 387 g/mol. The summed E-state index contributed by atoms with van der Waals surface area (Å²) in [7, 11) is 0. The monoisotopic (exact) mass is 386 g/mol. The lowest BCUT2D eigenvalue weighted by Crippen LogP contribution is -2.32. The van der Waals surface area contributed by atoms with E-state index in [1.54, 1.807) is 16.4 Å². The molecule has 1 aromatic heterocycles. The van der Waals surface area contributed by atoms with Gasteiger partial charge in [0, 0.05) is 29.0 Å². The summed E-state index contributed by atoms with van der Waals surface area (Å²) in [5.41, 5.74) is 2.67. The zero-order valence-corrected chi connectivity index (χ0v) is 16.9. The predicted molar refractivity (Wildman–Crippen MR) is 108 cm³/mol. The van der Waals surface area contributed by atoms with Crippen molar-refractivity contribution >= 4 is 29.4 Å². The first kappa shape index (κ1) is 19.5. The number of benzene rings is 1. The van der Waals surface area contributed by atoms with Gasteiger partial charge in [-0.15, -0.1) is 0 Å². The highest BCUT2D eigenvalue weighted by Gasteiger charge is 2.28. The van der Waals surface area contributed by atoms with Gasteiger partial charge in [0.25, 0.3) is 0 Å². The Labute approximate surface area is 164 Å². The van der Waals surface area contributed by atoms with Crippen LogP contribution in [0.3, 0.4) is 0 Å². The second kappa shape index (κ2) is 8.17. The third-order valence-electron chi connectivity index (χ3n) is 4.40. The van der Waals surface area contributed by atoms with Gasteiger partial charge >= 0.3 is 0 Å². The Morgan fingerprint density at radius 1 is 1.19 bits per heavy atom. The number of anilines is 1. The zero-order valence-electron chi connectivity index (χ0n) is 16.0. The quantitative estimate of drug-likeness (QED) is 0.800. The molecule has 0 spiro atoms. The summed E-state index contributed by atoms with van der Waals surface area (Å²) in [5.74, 6) is 2.10. The van der Waals surface area contributed by atoms with Gasteiger partial charge in [0.2, 0.25) is 11.8 Å². The van der Waals surface area contributed by atoms with Crippen molar-refractivity contribution in [2.45, 2.75) is 45.2 Å². The number of fused-ring (bicyclic) bond motifs is 1. The van der Waals surface area contributed by atoms with E-state index >= 15 is 0 Å². The third-order valence-corrected chi connectivity index (χ3v) is 5.37. The smallest absolute Gasteiger partial charge is 0.241 e. The van der Waals surface area contributed by atoms with Gasteiger partial charge in [-0.1, -0.05) is 51.1 Å². The van der Waals surface area contributed by atoms with Crippen molar-refractivity contribution in [3.05, 3.63) is 47.2 Å². The van der Waals surface area contributed by atoms with E-state index in [0.29, 0.717) is 12.4 Å². The molecule has 0 aliphatic carbocycles. The molecule has 0 saturated carbocycles. The minimum absolute atomic E-state index is 0.0761. The molecule has 2 heterocycles. The van der Waals surface area contributed by atoms with E-state index in [2.05, 4.69) is 15.7 Å². The maximum Gasteiger partial charge on any atom is 0.241 e. The van der Waals surface area contributed by atoms with Gasteiger partial charge in [-0.3, -0.25) is 9.59 Å². The van der Waals surface area contributed by atoms with Gasteiger partial charge < -0.3 is 10.6 Å². The second-order valence-electron chi connectivity index (χ2n) is 7.71. The molecule has 0 unspecified atom stereocenters. The summed E-state index contributed by atoms with van der Waals surface area (Å²) in [4.78, 5) is 24.8. The van der Waals surface area contributed by atoms with Crippen molar-refractivity contribution in [3.63, 3.8) is 0 Å².